The van der Waals surface area contributed by atoms with Crippen molar-refractivity contribution in [2.24, 2.45) is 0 Å². The first-order valence-electron chi connectivity index (χ1n) is 21.9. The topological polar surface area (TPSA) is 0 Å². The van der Waals surface area contributed by atoms with Crippen molar-refractivity contribution in [2.45, 2.75) is 57.8 Å². The fraction of sp³-hybridized carbons (Fsp3) is 0.148. The molecule has 0 amide bonds. The van der Waals surface area contributed by atoms with E-state index in [1.54, 1.807) is 0 Å². The van der Waals surface area contributed by atoms with E-state index >= 15 is 0 Å². The zero-order valence-electron chi connectivity index (χ0n) is 36.0. The predicted octanol–water partition coefficient (Wildman–Crippen LogP) is 16.6. The first kappa shape index (κ1) is 37.3. The molecule has 0 spiro atoms. The molecule has 0 saturated heterocycles. The van der Waals surface area contributed by atoms with Crippen LogP contribution in [0.15, 0.2) is 194 Å². The van der Waals surface area contributed by atoms with Crippen LogP contribution in [0.3, 0.4) is 0 Å². The van der Waals surface area contributed by atoms with Crippen molar-refractivity contribution in [3.05, 3.63) is 228 Å². The monoisotopic (exact) mass is 782 g/mol. The molecule has 0 heterocycles. The summed E-state index contributed by atoms with van der Waals surface area (Å²) in [4.78, 5) is 0. The standard InChI is InChI=1S/C61H50/c1-59(2,3)57-49-25-11-7-21-45(49)55(46-22-8-12-26-50(46)57)39-31-35-41(36-32-39)61(53-29-17-15-19-43(53)44-20-16-18-30-54(44)61)42-37-33-40(34-38-42)56-47-23-9-13-27-51(47)58(60(4,5)6)52-28-14-10-24-48(52)56/h7-38H,1-6H3. The lowest BCUT2D eigenvalue weighted by Crippen LogP contribution is -2.28. The summed E-state index contributed by atoms with van der Waals surface area (Å²) in [5.41, 5.74) is 15.2. The van der Waals surface area contributed by atoms with Crippen molar-refractivity contribution < 1.29 is 0 Å². The van der Waals surface area contributed by atoms with Crippen LogP contribution in [0.2, 0.25) is 0 Å². The minimum absolute atomic E-state index is 0.0111. The van der Waals surface area contributed by atoms with Gasteiger partial charge in [-0.15, -0.1) is 0 Å². The van der Waals surface area contributed by atoms with E-state index in [2.05, 4.69) is 236 Å². The van der Waals surface area contributed by atoms with Crippen molar-refractivity contribution in [3.63, 3.8) is 0 Å². The van der Waals surface area contributed by atoms with Crippen LogP contribution in [0.5, 0.6) is 0 Å². The molecule has 294 valence electrons. The van der Waals surface area contributed by atoms with Gasteiger partial charge in [-0.2, -0.15) is 0 Å². The lowest BCUT2D eigenvalue weighted by molar-refractivity contribution is 0.601. The van der Waals surface area contributed by atoms with E-state index in [1.807, 2.05) is 0 Å². The van der Waals surface area contributed by atoms with Gasteiger partial charge in [-0.1, -0.05) is 236 Å². The zero-order chi connectivity index (χ0) is 41.7. The molecule has 0 unspecified atom stereocenters. The van der Waals surface area contributed by atoms with E-state index in [0.717, 1.165) is 0 Å². The van der Waals surface area contributed by atoms with E-state index < -0.39 is 5.41 Å². The maximum absolute atomic E-state index is 2.41. The fourth-order valence-corrected chi connectivity index (χ4v) is 11.3. The van der Waals surface area contributed by atoms with E-state index in [9.17, 15) is 0 Å². The second-order valence-corrected chi connectivity index (χ2v) is 19.2. The molecule has 0 fully saturated rings. The number of benzene rings is 10. The molecule has 0 radical (unpaired) electrons. The smallest absolute Gasteiger partial charge is 0.0619 e. The van der Waals surface area contributed by atoms with Crippen molar-refractivity contribution in [3.8, 4) is 33.4 Å². The summed E-state index contributed by atoms with van der Waals surface area (Å²) in [6.07, 6.45) is 0. The Hall–Kier alpha value is -6.76. The Labute approximate surface area is 360 Å². The molecule has 0 saturated carbocycles. The highest BCUT2D eigenvalue weighted by atomic mass is 14.5. The molecular weight excluding hydrogens is 733 g/mol. The third kappa shape index (κ3) is 5.51. The minimum atomic E-state index is -0.509. The lowest BCUT2D eigenvalue weighted by Gasteiger charge is -2.34. The van der Waals surface area contributed by atoms with Gasteiger partial charge in [0.05, 0.1) is 5.41 Å². The van der Waals surface area contributed by atoms with E-state index in [4.69, 9.17) is 0 Å². The van der Waals surface area contributed by atoms with Gasteiger partial charge in [0, 0.05) is 0 Å². The van der Waals surface area contributed by atoms with Crippen LogP contribution in [0, 0.1) is 0 Å². The highest BCUT2D eigenvalue weighted by Gasteiger charge is 2.46. The average molecular weight is 783 g/mol. The van der Waals surface area contributed by atoms with Gasteiger partial charge in [0.1, 0.15) is 0 Å². The van der Waals surface area contributed by atoms with Gasteiger partial charge in [-0.05, 0) is 121 Å². The molecule has 10 aromatic carbocycles. The van der Waals surface area contributed by atoms with Crippen LogP contribution in [0.25, 0.3) is 76.5 Å². The van der Waals surface area contributed by atoms with Crippen LogP contribution in [-0.4, -0.2) is 0 Å². The Bertz CT molecular complexity index is 3000. The second kappa shape index (κ2) is 13.6. The largest absolute Gasteiger partial charge is 0.0713 e. The Balaban J connectivity index is 1.14. The summed E-state index contributed by atoms with van der Waals surface area (Å²) in [7, 11) is 0. The number of hydrogen-bond acceptors (Lipinski definition) is 0. The summed E-state index contributed by atoms with van der Waals surface area (Å²) in [5.74, 6) is 0. The highest BCUT2D eigenvalue weighted by molar-refractivity contribution is 6.17. The zero-order valence-corrected chi connectivity index (χ0v) is 36.0. The molecular formula is C61H50. The first-order chi connectivity index (χ1) is 29.6. The summed E-state index contributed by atoms with van der Waals surface area (Å²) in [5, 5.41) is 10.5. The molecule has 1 aliphatic carbocycles. The van der Waals surface area contributed by atoms with E-state index in [-0.39, 0.29) is 10.8 Å². The molecule has 0 heteroatoms. The summed E-state index contributed by atoms with van der Waals surface area (Å²) in [6, 6.07) is 73.4. The number of fused-ring (bicyclic) bond motifs is 7. The third-order valence-corrected chi connectivity index (χ3v) is 13.5. The maximum Gasteiger partial charge on any atom is 0.0713 e. The van der Waals surface area contributed by atoms with Gasteiger partial charge >= 0.3 is 0 Å². The van der Waals surface area contributed by atoms with Crippen LogP contribution < -0.4 is 0 Å². The molecule has 0 N–H and O–H groups in total. The molecule has 10 aromatic rings. The SMILES string of the molecule is CC(C)(C)c1c2ccccc2c(-c2ccc(C3(c4ccc(-c5c6ccccc6c(C(C)(C)C)c6ccccc56)cc4)c4ccccc4-c4ccccc43)cc2)c2ccccc12. The number of rotatable bonds is 4. The third-order valence-electron chi connectivity index (χ3n) is 13.5. The summed E-state index contributed by atoms with van der Waals surface area (Å²) >= 11 is 0. The molecule has 0 aliphatic heterocycles. The molecule has 1 aliphatic rings. The molecule has 61 heavy (non-hydrogen) atoms. The molecule has 0 nitrogen and oxygen atoms in total. The summed E-state index contributed by atoms with van der Waals surface area (Å²) in [6.45, 7) is 14.0. The second-order valence-electron chi connectivity index (χ2n) is 19.2. The normalized spacial score (nSPS) is 13.5. The molecule has 0 atom stereocenters. The Morgan fingerprint density at radius 1 is 0.279 bits per heavy atom. The maximum atomic E-state index is 2.41. The van der Waals surface area contributed by atoms with Crippen molar-refractivity contribution in [1.82, 2.24) is 0 Å². The number of hydrogen-bond donors (Lipinski definition) is 0. The van der Waals surface area contributed by atoms with Crippen molar-refractivity contribution in [1.29, 1.82) is 0 Å². The van der Waals surface area contributed by atoms with Gasteiger partial charge < -0.3 is 0 Å². The van der Waals surface area contributed by atoms with Gasteiger partial charge in [0.15, 0.2) is 0 Å². The average Bonchev–Trinajstić information content (AvgIpc) is 3.57. The van der Waals surface area contributed by atoms with Crippen LogP contribution in [0.4, 0.5) is 0 Å². The van der Waals surface area contributed by atoms with E-state index in [1.165, 1.54) is 110 Å². The summed E-state index contributed by atoms with van der Waals surface area (Å²) < 4.78 is 0. The fourth-order valence-electron chi connectivity index (χ4n) is 11.3. The Morgan fingerprint density at radius 2 is 0.541 bits per heavy atom. The Kier molecular flexibility index (Phi) is 8.33. The van der Waals surface area contributed by atoms with Crippen molar-refractivity contribution in [2.75, 3.05) is 0 Å². The quantitative estimate of drug-likeness (QED) is 0.156. The Morgan fingerprint density at radius 3 is 0.836 bits per heavy atom. The molecule has 11 rings (SSSR count). The molecule has 0 aromatic heterocycles. The van der Waals surface area contributed by atoms with Gasteiger partial charge in [0.25, 0.3) is 0 Å². The van der Waals surface area contributed by atoms with Crippen LogP contribution >= 0.6 is 0 Å². The van der Waals surface area contributed by atoms with E-state index in [0.29, 0.717) is 0 Å². The minimum Gasteiger partial charge on any atom is -0.0619 e. The predicted molar refractivity (Wildman–Crippen MR) is 262 cm³/mol. The first-order valence-corrected chi connectivity index (χ1v) is 21.9. The highest BCUT2D eigenvalue weighted by Crippen LogP contribution is 2.57. The van der Waals surface area contributed by atoms with Crippen LogP contribution in [-0.2, 0) is 16.2 Å². The van der Waals surface area contributed by atoms with Gasteiger partial charge in [0.2, 0.25) is 0 Å². The van der Waals surface area contributed by atoms with Crippen LogP contribution in [0.1, 0.15) is 74.9 Å². The van der Waals surface area contributed by atoms with Crippen molar-refractivity contribution >= 4 is 43.1 Å². The molecule has 0 bridgehead atoms. The lowest BCUT2D eigenvalue weighted by atomic mass is 9.67. The van der Waals surface area contributed by atoms with Gasteiger partial charge in [-0.3, -0.25) is 0 Å². The van der Waals surface area contributed by atoms with Gasteiger partial charge in [-0.25, -0.2) is 0 Å².